The number of amides is 1. The molecule has 1 aromatic heterocycles. The number of nitrogens with zero attached hydrogens (tertiary/aromatic N) is 4. The molecule has 0 unspecified atom stereocenters. The van der Waals surface area contributed by atoms with Crippen LogP contribution in [-0.4, -0.2) is 59.2 Å². The minimum Gasteiger partial charge on any atom is -0.722 e. The summed E-state index contributed by atoms with van der Waals surface area (Å²) < 4.78 is 16.5. The van der Waals surface area contributed by atoms with Crippen LogP contribution in [0.4, 0.5) is 10.7 Å². The molecule has 2 aromatic rings. The normalized spacial score (nSPS) is 15.9. The van der Waals surface area contributed by atoms with Crippen molar-refractivity contribution in [2.75, 3.05) is 31.8 Å². The van der Waals surface area contributed by atoms with Crippen molar-refractivity contribution in [3.8, 4) is 29.4 Å². The topological polar surface area (TPSA) is 113 Å². The highest BCUT2D eigenvalue weighted by molar-refractivity contribution is 5.70. The highest BCUT2D eigenvalue weighted by Gasteiger charge is 2.30. The molecule has 1 aromatic carbocycles. The number of hydrogen-bond acceptors (Lipinski definition) is 8. The van der Waals surface area contributed by atoms with E-state index in [1.54, 1.807) is 30.0 Å². The van der Waals surface area contributed by atoms with E-state index in [1.165, 1.54) is 0 Å². The lowest BCUT2D eigenvalue weighted by Crippen LogP contribution is -2.49. The highest BCUT2D eigenvalue weighted by Crippen LogP contribution is 2.31. The SMILES string of the molecule is C#Cc1ccc(-c2n[n+]([O-])c(N[C@@H]3CCCN(C(=O)OC(C)(C)C)C3)nc2C)c(OCOCC)c1. The molecule has 0 aliphatic carbocycles. The van der Waals surface area contributed by atoms with E-state index in [1.807, 2.05) is 27.7 Å². The molecule has 1 fully saturated rings. The van der Waals surface area contributed by atoms with Crippen molar-refractivity contribution in [2.45, 2.75) is 59.1 Å². The van der Waals surface area contributed by atoms with Gasteiger partial charge in [-0.25, -0.2) is 4.79 Å². The van der Waals surface area contributed by atoms with Crippen LogP contribution < -0.4 is 14.9 Å². The van der Waals surface area contributed by atoms with Gasteiger partial charge in [0.25, 0.3) is 0 Å². The second-order valence-electron chi connectivity index (χ2n) is 9.26. The average molecular weight is 484 g/mol. The zero-order valence-electron chi connectivity index (χ0n) is 21.0. The lowest BCUT2D eigenvalue weighted by molar-refractivity contribution is -0.656. The second-order valence-corrected chi connectivity index (χ2v) is 9.26. The number of benzene rings is 1. The van der Waals surface area contributed by atoms with Crippen LogP contribution in [0.3, 0.4) is 0 Å². The Morgan fingerprint density at radius 3 is 2.86 bits per heavy atom. The summed E-state index contributed by atoms with van der Waals surface area (Å²) in [5.74, 6) is 3.09. The fourth-order valence-electron chi connectivity index (χ4n) is 3.69. The predicted molar refractivity (Wildman–Crippen MR) is 131 cm³/mol. The van der Waals surface area contributed by atoms with Gasteiger partial charge in [0.05, 0.1) is 12.6 Å². The van der Waals surface area contributed by atoms with Crippen LogP contribution in [0.15, 0.2) is 18.2 Å². The van der Waals surface area contributed by atoms with Crippen LogP contribution in [-0.2, 0) is 9.47 Å². The summed E-state index contributed by atoms with van der Waals surface area (Å²) in [6.07, 6.45) is 6.72. The van der Waals surface area contributed by atoms with Crippen molar-refractivity contribution in [3.63, 3.8) is 0 Å². The van der Waals surface area contributed by atoms with Crippen molar-refractivity contribution in [1.82, 2.24) is 15.0 Å². The first-order valence-corrected chi connectivity index (χ1v) is 11.7. The van der Waals surface area contributed by atoms with E-state index in [0.717, 1.165) is 12.8 Å². The summed E-state index contributed by atoms with van der Waals surface area (Å²) in [4.78, 5) is 19.0. The first kappa shape index (κ1) is 26.0. The van der Waals surface area contributed by atoms with Crippen molar-refractivity contribution >= 4 is 12.0 Å². The Labute approximate surface area is 206 Å². The molecular formula is C25H33N5O5. The van der Waals surface area contributed by atoms with Gasteiger partial charge in [0.1, 0.15) is 22.7 Å². The fourth-order valence-corrected chi connectivity index (χ4v) is 3.69. The molecule has 1 aliphatic heterocycles. The minimum absolute atomic E-state index is 0.0385. The molecule has 0 bridgehead atoms. The third kappa shape index (κ3) is 6.96. The number of carbonyl (C=O) groups is 1. The number of carbonyl (C=O) groups excluding carboxylic acids is 1. The molecule has 188 valence electrons. The van der Waals surface area contributed by atoms with Gasteiger partial charge >= 0.3 is 12.0 Å². The molecular weight excluding hydrogens is 450 g/mol. The Bertz CT molecular complexity index is 1090. The number of aromatic nitrogens is 3. The Morgan fingerprint density at radius 1 is 1.40 bits per heavy atom. The summed E-state index contributed by atoms with van der Waals surface area (Å²) in [7, 11) is 0. The van der Waals surface area contributed by atoms with E-state index < -0.39 is 5.60 Å². The number of rotatable bonds is 7. The van der Waals surface area contributed by atoms with Crippen LogP contribution in [0.1, 0.15) is 51.8 Å². The Balaban J connectivity index is 1.79. The van der Waals surface area contributed by atoms with Crippen molar-refractivity contribution in [2.24, 2.45) is 0 Å². The van der Waals surface area contributed by atoms with E-state index >= 15 is 0 Å². The zero-order valence-corrected chi connectivity index (χ0v) is 21.0. The maximum Gasteiger partial charge on any atom is 0.412 e. The molecule has 3 rings (SSSR count). The number of anilines is 1. The van der Waals surface area contributed by atoms with Gasteiger partial charge in [-0.15, -0.1) is 16.4 Å². The van der Waals surface area contributed by atoms with Crippen LogP contribution in [0.2, 0.25) is 0 Å². The van der Waals surface area contributed by atoms with E-state index in [4.69, 9.17) is 20.6 Å². The van der Waals surface area contributed by atoms with E-state index in [9.17, 15) is 10.0 Å². The molecule has 2 heterocycles. The number of likely N-dealkylation sites (tertiary alicyclic amines) is 1. The second kappa shape index (κ2) is 11.2. The first-order chi connectivity index (χ1) is 16.6. The number of piperidine rings is 1. The zero-order chi connectivity index (χ0) is 25.6. The molecule has 0 saturated carbocycles. The summed E-state index contributed by atoms with van der Waals surface area (Å²) in [5.41, 5.74) is 1.55. The standard InChI is InChI=1S/C25H33N5O5/c1-7-18-11-12-20(21(14-18)34-16-33-8-2)22-17(3)26-23(30(32)28-22)27-19-10-9-13-29(15-19)24(31)35-25(4,5)6/h1,11-12,14,19H,8-10,13,15-16H2,2-6H3,(H,26,27)/t19-/m1/s1. The van der Waals surface area contributed by atoms with Gasteiger partial charge in [0.15, 0.2) is 6.79 Å². The fraction of sp³-hybridized carbons (Fsp3) is 0.520. The lowest BCUT2D eigenvalue weighted by atomic mass is 10.1. The van der Waals surface area contributed by atoms with Gasteiger partial charge < -0.3 is 24.3 Å². The third-order valence-electron chi connectivity index (χ3n) is 5.30. The maximum atomic E-state index is 12.8. The van der Waals surface area contributed by atoms with Gasteiger partial charge in [-0.05, 0) is 65.7 Å². The largest absolute Gasteiger partial charge is 0.722 e. The van der Waals surface area contributed by atoms with Crippen LogP contribution in [0.25, 0.3) is 11.3 Å². The Morgan fingerprint density at radius 2 is 2.17 bits per heavy atom. The number of hydrogen-bond donors (Lipinski definition) is 1. The smallest absolute Gasteiger partial charge is 0.412 e. The van der Waals surface area contributed by atoms with Gasteiger partial charge in [-0.1, -0.05) is 10.9 Å². The molecule has 1 atom stereocenters. The lowest BCUT2D eigenvalue weighted by Gasteiger charge is -2.33. The molecule has 0 spiro atoms. The minimum atomic E-state index is -0.572. The maximum absolute atomic E-state index is 12.8. The Kier molecular flexibility index (Phi) is 8.35. The molecule has 1 amide bonds. The van der Waals surface area contributed by atoms with Crippen LogP contribution in [0.5, 0.6) is 5.75 Å². The molecule has 1 N–H and O–H groups in total. The number of terminal acetylenes is 1. The predicted octanol–water partition coefficient (Wildman–Crippen LogP) is 3.25. The quantitative estimate of drug-likeness (QED) is 0.210. The molecule has 1 saturated heterocycles. The van der Waals surface area contributed by atoms with Gasteiger partial charge in [-0.2, -0.15) is 0 Å². The van der Waals surface area contributed by atoms with Crippen molar-refractivity contribution < 1.29 is 23.9 Å². The first-order valence-electron chi connectivity index (χ1n) is 11.7. The van der Waals surface area contributed by atoms with Gasteiger partial charge in [-0.3, -0.25) is 5.32 Å². The summed E-state index contributed by atoms with van der Waals surface area (Å²) in [5, 5.41) is 20.2. The molecule has 35 heavy (non-hydrogen) atoms. The van der Waals surface area contributed by atoms with Crippen molar-refractivity contribution in [1.29, 1.82) is 0 Å². The summed E-state index contributed by atoms with van der Waals surface area (Å²) in [6.45, 7) is 10.7. The third-order valence-corrected chi connectivity index (χ3v) is 5.30. The summed E-state index contributed by atoms with van der Waals surface area (Å²) in [6, 6.07) is 5.04. The van der Waals surface area contributed by atoms with E-state index in [-0.39, 0.29) is 24.9 Å². The number of aryl methyl sites for hydroxylation is 1. The monoisotopic (exact) mass is 483 g/mol. The molecule has 1 aliphatic rings. The van der Waals surface area contributed by atoms with Crippen LogP contribution in [0, 0.1) is 24.5 Å². The van der Waals surface area contributed by atoms with Crippen molar-refractivity contribution in [3.05, 3.63) is 34.7 Å². The van der Waals surface area contributed by atoms with Gasteiger partial charge in [0, 0.05) is 24.3 Å². The number of nitrogens with one attached hydrogen (secondary N) is 1. The van der Waals surface area contributed by atoms with Crippen LogP contribution >= 0.6 is 0 Å². The molecule has 10 nitrogen and oxygen atoms in total. The van der Waals surface area contributed by atoms with E-state index in [2.05, 4.69) is 21.3 Å². The molecule has 0 radical (unpaired) electrons. The number of ether oxygens (including phenoxy) is 3. The van der Waals surface area contributed by atoms with E-state index in [0.29, 0.717) is 52.8 Å². The highest BCUT2D eigenvalue weighted by atomic mass is 16.7. The summed E-state index contributed by atoms with van der Waals surface area (Å²) >= 11 is 0. The Hall–Kier alpha value is -3.58. The molecule has 10 heteroatoms. The van der Waals surface area contributed by atoms with Gasteiger partial charge in [0.2, 0.25) is 0 Å². The average Bonchev–Trinajstić information content (AvgIpc) is 2.80.